The highest BCUT2D eigenvalue weighted by atomic mass is 16.5. The molecule has 0 radical (unpaired) electrons. The van der Waals surface area contributed by atoms with E-state index in [0.29, 0.717) is 13.0 Å². The van der Waals surface area contributed by atoms with Crippen molar-refractivity contribution in [2.75, 3.05) is 6.61 Å². The summed E-state index contributed by atoms with van der Waals surface area (Å²) in [6.45, 7) is 0.468. The molecule has 0 aromatic heterocycles. The van der Waals surface area contributed by atoms with E-state index >= 15 is 0 Å². The van der Waals surface area contributed by atoms with Gasteiger partial charge in [0.15, 0.2) is 0 Å². The van der Waals surface area contributed by atoms with E-state index in [-0.39, 0.29) is 23.6 Å². The van der Waals surface area contributed by atoms with Crippen molar-refractivity contribution in [1.29, 1.82) is 0 Å². The van der Waals surface area contributed by atoms with E-state index < -0.39 is 0 Å². The molecule has 10 heavy (non-hydrogen) atoms. The zero-order valence-corrected chi connectivity index (χ0v) is 5.50. The van der Waals surface area contributed by atoms with Gasteiger partial charge in [-0.3, -0.25) is 9.59 Å². The Balaban J connectivity index is 2.26. The lowest BCUT2D eigenvalue weighted by molar-refractivity contribution is -0.144. The molecule has 3 heteroatoms. The van der Waals surface area contributed by atoms with Gasteiger partial charge in [-0.2, -0.15) is 0 Å². The van der Waals surface area contributed by atoms with E-state index in [1.807, 2.05) is 0 Å². The third kappa shape index (κ3) is 0.602. The molecule has 1 aliphatic carbocycles. The first-order chi connectivity index (χ1) is 4.79. The molecule has 2 aliphatic rings. The van der Waals surface area contributed by atoms with Crippen LogP contribution in [0.15, 0.2) is 0 Å². The van der Waals surface area contributed by atoms with Crippen LogP contribution < -0.4 is 0 Å². The fourth-order valence-electron chi connectivity index (χ4n) is 1.70. The Morgan fingerprint density at radius 2 is 2.20 bits per heavy atom. The summed E-state index contributed by atoms with van der Waals surface area (Å²) in [5.74, 6) is -0.403. The van der Waals surface area contributed by atoms with Crippen molar-refractivity contribution in [3.63, 3.8) is 0 Å². The first-order valence-corrected chi connectivity index (χ1v) is 3.48. The number of carbonyl (C=O) groups excluding carboxylic acids is 2. The molecule has 1 aliphatic heterocycles. The number of ether oxygens (including phenoxy) is 1. The minimum Gasteiger partial charge on any atom is -0.465 e. The van der Waals surface area contributed by atoms with Gasteiger partial charge in [0, 0.05) is 12.3 Å². The van der Waals surface area contributed by atoms with E-state index in [1.165, 1.54) is 0 Å². The third-order valence-corrected chi connectivity index (χ3v) is 2.27. The molecule has 0 N–H and O–H groups in total. The number of Topliss-reactive ketones (excluding diaryl/α,β-unsaturated/α-hetero) is 1. The van der Waals surface area contributed by atoms with Crippen LogP contribution in [0.4, 0.5) is 0 Å². The number of rotatable bonds is 0. The minimum atomic E-state index is -0.389. The second-order valence-electron chi connectivity index (χ2n) is 2.87. The Labute approximate surface area is 58.4 Å². The first kappa shape index (κ1) is 5.89. The number of cyclic esters (lactones) is 1. The van der Waals surface area contributed by atoms with E-state index in [9.17, 15) is 9.59 Å². The van der Waals surface area contributed by atoms with Crippen LogP contribution in [-0.4, -0.2) is 18.4 Å². The van der Waals surface area contributed by atoms with Crippen molar-refractivity contribution in [1.82, 2.24) is 0 Å². The van der Waals surface area contributed by atoms with Crippen LogP contribution in [0.2, 0.25) is 0 Å². The molecule has 54 valence electrons. The summed E-state index contributed by atoms with van der Waals surface area (Å²) in [6, 6.07) is 0. The summed E-state index contributed by atoms with van der Waals surface area (Å²) in [5, 5.41) is 0. The van der Waals surface area contributed by atoms with Gasteiger partial charge < -0.3 is 4.74 Å². The zero-order chi connectivity index (χ0) is 7.14. The Hall–Kier alpha value is -0.860. The molecular weight excluding hydrogens is 132 g/mol. The number of ketones is 1. The molecule has 0 spiro atoms. The van der Waals surface area contributed by atoms with Gasteiger partial charge in [0.1, 0.15) is 11.7 Å². The van der Waals surface area contributed by atoms with Gasteiger partial charge in [0.05, 0.1) is 6.61 Å². The van der Waals surface area contributed by atoms with E-state index in [1.54, 1.807) is 0 Å². The molecule has 0 bridgehead atoms. The Morgan fingerprint density at radius 3 is 2.90 bits per heavy atom. The number of hydrogen-bond acceptors (Lipinski definition) is 3. The second kappa shape index (κ2) is 1.81. The van der Waals surface area contributed by atoms with Gasteiger partial charge >= 0.3 is 5.97 Å². The fourth-order valence-corrected chi connectivity index (χ4v) is 1.70. The van der Waals surface area contributed by atoms with Crippen LogP contribution in [0.25, 0.3) is 0 Å². The van der Waals surface area contributed by atoms with Crippen molar-refractivity contribution in [3.8, 4) is 0 Å². The number of esters is 1. The monoisotopic (exact) mass is 140 g/mol. The molecule has 1 heterocycles. The van der Waals surface area contributed by atoms with Crippen molar-refractivity contribution < 1.29 is 14.3 Å². The average molecular weight is 140 g/mol. The number of carbonyl (C=O) groups is 2. The molecular formula is C7H8O3. The van der Waals surface area contributed by atoms with Crippen molar-refractivity contribution in [2.24, 2.45) is 11.8 Å². The summed E-state index contributed by atoms with van der Waals surface area (Å²) in [4.78, 5) is 21.8. The molecule has 0 aromatic rings. The summed E-state index contributed by atoms with van der Waals surface area (Å²) < 4.78 is 4.73. The van der Waals surface area contributed by atoms with Gasteiger partial charge in [-0.1, -0.05) is 0 Å². The van der Waals surface area contributed by atoms with Gasteiger partial charge in [-0.15, -0.1) is 0 Å². The minimum absolute atomic E-state index is 0.0764. The van der Waals surface area contributed by atoms with E-state index in [2.05, 4.69) is 0 Å². The molecule has 2 rings (SSSR count). The predicted octanol–water partition coefficient (Wildman–Crippen LogP) is 0.139. The molecule has 2 fully saturated rings. The van der Waals surface area contributed by atoms with E-state index in [0.717, 1.165) is 6.42 Å². The quantitative estimate of drug-likeness (QED) is 0.355. The standard InChI is InChI=1S/C7H8O3/c8-5-2-1-4-3-10-7(9)6(4)5/h4,6H,1-3H2/t4-,6+/m0/s1. The Morgan fingerprint density at radius 1 is 1.40 bits per heavy atom. The summed E-state index contributed by atoms with van der Waals surface area (Å²) in [5.41, 5.74) is 0. The number of fused-ring (bicyclic) bond motifs is 1. The summed E-state index contributed by atoms with van der Waals surface area (Å²) in [6.07, 6.45) is 1.42. The fraction of sp³-hybridized carbons (Fsp3) is 0.714. The zero-order valence-electron chi connectivity index (χ0n) is 5.50. The molecule has 0 amide bonds. The normalized spacial score (nSPS) is 38.0. The largest absolute Gasteiger partial charge is 0.465 e. The lowest BCUT2D eigenvalue weighted by atomic mass is 10.00. The SMILES string of the molecule is O=C1CC[C@H]2COC(=O)[C@@H]12. The molecule has 0 aromatic carbocycles. The van der Waals surface area contributed by atoms with Crippen molar-refractivity contribution in [2.45, 2.75) is 12.8 Å². The van der Waals surface area contributed by atoms with Gasteiger partial charge in [0.25, 0.3) is 0 Å². The van der Waals surface area contributed by atoms with Crippen molar-refractivity contribution in [3.05, 3.63) is 0 Å². The average Bonchev–Trinajstić information content (AvgIpc) is 2.40. The first-order valence-electron chi connectivity index (χ1n) is 3.48. The smallest absolute Gasteiger partial charge is 0.316 e. The van der Waals surface area contributed by atoms with Crippen LogP contribution >= 0.6 is 0 Å². The van der Waals surface area contributed by atoms with Crippen LogP contribution in [0.5, 0.6) is 0 Å². The summed E-state index contributed by atoms with van der Waals surface area (Å²) >= 11 is 0. The molecule has 1 saturated carbocycles. The third-order valence-electron chi connectivity index (χ3n) is 2.27. The maximum atomic E-state index is 11.0. The highest BCUT2D eigenvalue weighted by Gasteiger charge is 2.46. The van der Waals surface area contributed by atoms with Crippen LogP contribution in [-0.2, 0) is 14.3 Å². The van der Waals surface area contributed by atoms with Gasteiger partial charge in [-0.05, 0) is 6.42 Å². The Bertz CT molecular complexity index is 177. The van der Waals surface area contributed by atoms with Crippen LogP contribution in [0, 0.1) is 11.8 Å². The van der Waals surface area contributed by atoms with Crippen LogP contribution in [0.3, 0.4) is 0 Å². The van der Waals surface area contributed by atoms with Crippen molar-refractivity contribution >= 4 is 11.8 Å². The topological polar surface area (TPSA) is 43.4 Å². The number of hydrogen-bond donors (Lipinski definition) is 0. The van der Waals surface area contributed by atoms with Gasteiger partial charge in [-0.25, -0.2) is 0 Å². The molecule has 0 unspecified atom stereocenters. The Kier molecular flexibility index (Phi) is 1.07. The van der Waals surface area contributed by atoms with Gasteiger partial charge in [0.2, 0.25) is 0 Å². The summed E-state index contributed by atoms with van der Waals surface area (Å²) in [7, 11) is 0. The highest BCUT2D eigenvalue weighted by molar-refractivity contribution is 6.01. The molecule has 3 nitrogen and oxygen atoms in total. The molecule has 2 atom stereocenters. The lowest BCUT2D eigenvalue weighted by Gasteiger charge is -1.96. The lowest BCUT2D eigenvalue weighted by Crippen LogP contribution is -2.17. The maximum Gasteiger partial charge on any atom is 0.316 e. The van der Waals surface area contributed by atoms with E-state index in [4.69, 9.17) is 4.74 Å². The predicted molar refractivity (Wildman–Crippen MR) is 32.2 cm³/mol. The molecule has 1 saturated heterocycles. The highest BCUT2D eigenvalue weighted by Crippen LogP contribution is 2.34. The van der Waals surface area contributed by atoms with Crippen LogP contribution in [0.1, 0.15) is 12.8 Å². The maximum absolute atomic E-state index is 11.0. The second-order valence-corrected chi connectivity index (χ2v) is 2.87.